The van der Waals surface area contributed by atoms with Crippen LogP contribution < -0.4 is 5.73 Å². The minimum atomic E-state index is -0.574. The first-order valence-corrected chi connectivity index (χ1v) is 5.17. The number of ether oxygens (including phenoxy) is 1. The second-order valence-electron chi connectivity index (χ2n) is 3.66. The first kappa shape index (κ1) is 12.7. The molecule has 0 aliphatic carbocycles. The summed E-state index contributed by atoms with van der Waals surface area (Å²) in [5.74, 6) is -0.364. The van der Waals surface area contributed by atoms with E-state index >= 15 is 0 Å². The molecule has 0 spiro atoms. The lowest BCUT2D eigenvalue weighted by Crippen LogP contribution is -2.08. The van der Waals surface area contributed by atoms with E-state index in [1.807, 2.05) is 6.92 Å². The third-order valence-electron chi connectivity index (χ3n) is 2.48. The van der Waals surface area contributed by atoms with Gasteiger partial charge in [-0.2, -0.15) is 0 Å². The summed E-state index contributed by atoms with van der Waals surface area (Å²) in [5.41, 5.74) is 7.46. The Morgan fingerprint density at radius 2 is 2.25 bits per heavy atom. The monoisotopic (exact) mass is 223 g/mol. The van der Waals surface area contributed by atoms with Crippen molar-refractivity contribution in [2.75, 3.05) is 13.7 Å². The van der Waals surface area contributed by atoms with Crippen LogP contribution in [0, 0.1) is 6.92 Å². The Balaban J connectivity index is 2.94. The molecule has 0 saturated carbocycles. The fourth-order valence-corrected chi connectivity index (χ4v) is 1.56. The number of aliphatic hydroxyl groups is 1. The Morgan fingerprint density at radius 1 is 1.56 bits per heavy atom. The van der Waals surface area contributed by atoms with E-state index in [-0.39, 0.29) is 5.97 Å². The zero-order valence-corrected chi connectivity index (χ0v) is 9.56. The van der Waals surface area contributed by atoms with E-state index in [0.717, 1.165) is 11.1 Å². The van der Waals surface area contributed by atoms with Crippen molar-refractivity contribution in [3.05, 3.63) is 34.9 Å². The highest BCUT2D eigenvalue weighted by atomic mass is 16.5. The number of carbonyl (C=O) groups excluding carboxylic acids is 1. The quantitative estimate of drug-likeness (QED) is 0.751. The Hall–Kier alpha value is -1.39. The summed E-state index contributed by atoms with van der Waals surface area (Å²) in [6.45, 7) is 2.24. The molecule has 0 radical (unpaired) electrons. The average Bonchev–Trinajstić information content (AvgIpc) is 2.28. The molecule has 1 unspecified atom stereocenters. The number of carbonyl (C=O) groups is 1. The first-order chi connectivity index (χ1) is 7.60. The van der Waals surface area contributed by atoms with Crippen molar-refractivity contribution in [2.24, 2.45) is 5.73 Å². The van der Waals surface area contributed by atoms with Crippen LogP contribution in [0.25, 0.3) is 0 Å². The zero-order chi connectivity index (χ0) is 12.1. The Morgan fingerprint density at radius 3 is 2.75 bits per heavy atom. The fourth-order valence-electron chi connectivity index (χ4n) is 1.56. The lowest BCUT2D eigenvalue weighted by atomic mass is 10.0. The molecule has 0 aromatic heterocycles. The predicted molar refractivity (Wildman–Crippen MR) is 61.1 cm³/mol. The van der Waals surface area contributed by atoms with Gasteiger partial charge in [-0.1, -0.05) is 12.1 Å². The number of methoxy groups -OCH3 is 1. The summed E-state index contributed by atoms with van der Waals surface area (Å²) in [5, 5.41) is 9.74. The second kappa shape index (κ2) is 5.63. The molecule has 0 fully saturated rings. The molecule has 4 heteroatoms. The minimum absolute atomic E-state index is 0.364. The maximum absolute atomic E-state index is 11.3. The van der Waals surface area contributed by atoms with Gasteiger partial charge in [0.05, 0.1) is 18.8 Å². The van der Waals surface area contributed by atoms with Crippen molar-refractivity contribution in [3.63, 3.8) is 0 Å². The average molecular weight is 223 g/mol. The number of aliphatic hydroxyl groups excluding tert-OH is 1. The van der Waals surface area contributed by atoms with Gasteiger partial charge in [-0.25, -0.2) is 4.79 Å². The van der Waals surface area contributed by atoms with Crippen LogP contribution in [0.2, 0.25) is 0 Å². The number of hydrogen-bond donors (Lipinski definition) is 2. The normalized spacial score (nSPS) is 12.2. The van der Waals surface area contributed by atoms with Crippen molar-refractivity contribution in [1.29, 1.82) is 0 Å². The molecule has 1 atom stereocenters. The first-order valence-electron chi connectivity index (χ1n) is 5.17. The van der Waals surface area contributed by atoms with Crippen LogP contribution >= 0.6 is 0 Å². The predicted octanol–water partition coefficient (Wildman–Crippen LogP) is 1.16. The van der Waals surface area contributed by atoms with Crippen LogP contribution in [0.4, 0.5) is 0 Å². The zero-order valence-electron chi connectivity index (χ0n) is 9.56. The number of rotatable bonds is 4. The van der Waals surface area contributed by atoms with Crippen LogP contribution in [-0.2, 0) is 4.74 Å². The second-order valence-corrected chi connectivity index (χ2v) is 3.66. The van der Waals surface area contributed by atoms with Gasteiger partial charge in [-0.05, 0) is 37.1 Å². The highest BCUT2D eigenvalue weighted by Gasteiger charge is 2.12. The fraction of sp³-hybridized carbons (Fsp3) is 0.417. The lowest BCUT2D eigenvalue weighted by Gasteiger charge is -2.12. The summed E-state index contributed by atoms with van der Waals surface area (Å²) < 4.78 is 4.64. The summed E-state index contributed by atoms with van der Waals surface area (Å²) in [6.07, 6.45) is -0.0628. The molecule has 16 heavy (non-hydrogen) atoms. The van der Waals surface area contributed by atoms with Crippen molar-refractivity contribution >= 4 is 5.97 Å². The number of aryl methyl sites for hydroxylation is 1. The Labute approximate surface area is 95.0 Å². The topological polar surface area (TPSA) is 72.5 Å². The van der Waals surface area contributed by atoms with Gasteiger partial charge in [0.1, 0.15) is 0 Å². The molecule has 0 aliphatic rings. The minimum Gasteiger partial charge on any atom is -0.465 e. The van der Waals surface area contributed by atoms with E-state index in [9.17, 15) is 9.90 Å². The number of esters is 1. The SMILES string of the molecule is COC(=O)c1ccc(C(O)CCN)cc1C. The van der Waals surface area contributed by atoms with Gasteiger partial charge in [-0.3, -0.25) is 0 Å². The maximum Gasteiger partial charge on any atom is 0.338 e. The third-order valence-corrected chi connectivity index (χ3v) is 2.48. The summed E-state index contributed by atoms with van der Waals surface area (Å²) >= 11 is 0. The largest absolute Gasteiger partial charge is 0.465 e. The molecule has 3 N–H and O–H groups in total. The molecule has 0 aliphatic heterocycles. The van der Waals surface area contributed by atoms with Crippen LogP contribution in [0.15, 0.2) is 18.2 Å². The van der Waals surface area contributed by atoms with Crippen LogP contribution in [0.5, 0.6) is 0 Å². The highest BCUT2D eigenvalue weighted by molar-refractivity contribution is 5.90. The van der Waals surface area contributed by atoms with Crippen molar-refractivity contribution in [1.82, 2.24) is 0 Å². The van der Waals surface area contributed by atoms with Crippen molar-refractivity contribution < 1.29 is 14.6 Å². The van der Waals surface area contributed by atoms with Crippen LogP contribution in [0.3, 0.4) is 0 Å². The van der Waals surface area contributed by atoms with Gasteiger partial charge in [0.15, 0.2) is 0 Å². The van der Waals surface area contributed by atoms with Gasteiger partial charge in [0.2, 0.25) is 0 Å². The molecule has 0 bridgehead atoms. The standard InChI is InChI=1S/C12H17NO3/c1-8-7-9(11(14)5-6-13)3-4-10(8)12(15)16-2/h3-4,7,11,14H,5-6,13H2,1-2H3. The van der Waals surface area contributed by atoms with Gasteiger partial charge in [0, 0.05) is 0 Å². The van der Waals surface area contributed by atoms with Gasteiger partial charge >= 0.3 is 5.97 Å². The maximum atomic E-state index is 11.3. The van der Waals surface area contributed by atoms with Crippen molar-refractivity contribution in [3.8, 4) is 0 Å². The van der Waals surface area contributed by atoms with Crippen LogP contribution in [-0.4, -0.2) is 24.7 Å². The number of benzene rings is 1. The molecular weight excluding hydrogens is 206 g/mol. The number of nitrogens with two attached hydrogens (primary N) is 1. The molecule has 0 saturated heterocycles. The molecule has 1 aromatic carbocycles. The Bertz CT molecular complexity index is 377. The van der Waals surface area contributed by atoms with Gasteiger partial charge in [0.25, 0.3) is 0 Å². The molecular formula is C12H17NO3. The highest BCUT2D eigenvalue weighted by Crippen LogP contribution is 2.20. The Kier molecular flexibility index (Phi) is 4.46. The summed E-state index contributed by atoms with van der Waals surface area (Å²) in [7, 11) is 1.35. The van der Waals surface area contributed by atoms with Gasteiger partial charge in [-0.15, -0.1) is 0 Å². The third kappa shape index (κ3) is 2.81. The number of hydrogen-bond acceptors (Lipinski definition) is 4. The van der Waals surface area contributed by atoms with E-state index in [2.05, 4.69) is 4.74 Å². The van der Waals surface area contributed by atoms with E-state index in [0.29, 0.717) is 18.5 Å². The van der Waals surface area contributed by atoms with E-state index in [1.165, 1.54) is 7.11 Å². The van der Waals surface area contributed by atoms with Crippen molar-refractivity contribution in [2.45, 2.75) is 19.4 Å². The summed E-state index contributed by atoms with van der Waals surface area (Å²) in [4.78, 5) is 11.3. The molecule has 0 heterocycles. The van der Waals surface area contributed by atoms with E-state index < -0.39 is 6.10 Å². The molecule has 1 rings (SSSR count). The summed E-state index contributed by atoms with van der Waals surface area (Å²) in [6, 6.07) is 5.17. The molecule has 0 amide bonds. The van der Waals surface area contributed by atoms with E-state index in [1.54, 1.807) is 18.2 Å². The van der Waals surface area contributed by atoms with Crippen LogP contribution in [0.1, 0.15) is 34.0 Å². The van der Waals surface area contributed by atoms with Gasteiger partial charge < -0.3 is 15.6 Å². The molecule has 4 nitrogen and oxygen atoms in total. The lowest BCUT2D eigenvalue weighted by molar-refractivity contribution is 0.0599. The molecule has 88 valence electrons. The molecule has 1 aromatic rings. The smallest absolute Gasteiger partial charge is 0.338 e. The van der Waals surface area contributed by atoms with E-state index in [4.69, 9.17) is 5.73 Å².